The van der Waals surface area contributed by atoms with Crippen LogP contribution in [0.15, 0.2) is 97.2 Å². The molecule has 1 atom stereocenters. The van der Waals surface area contributed by atoms with E-state index < -0.39 is 6.10 Å². The van der Waals surface area contributed by atoms with E-state index in [-0.39, 0.29) is 19.2 Å². The van der Waals surface area contributed by atoms with Crippen molar-refractivity contribution in [3.8, 4) is 0 Å². The van der Waals surface area contributed by atoms with E-state index in [2.05, 4.69) is 111 Å². The van der Waals surface area contributed by atoms with Gasteiger partial charge in [0, 0.05) is 13.0 Å². The van der Waals surface area contributed by atoms with E-state index in [4.69, 9.17) is 9.47 Å². The van der Waals surface area contributed by atoms with Crippen molar-refractivity contribution in [2.45, 2.75) is 180 Å². The monoisotopic (exact) mass is 721 g/mol. The Kier molecular flexibility index (Phi) is 42.2. The van der Waals surface area contributed by atoms with Crippen LogP contribution in [0.3, 0.4) is 0 Å². The number of aliphatic hydroxyl groups is 1. The Morgan fingerprint density at radius 2 is 0.865 bits per heavy atom. The van der Waals surface area contributed by atoms with E-state index in [0.717, 1.165) is 83.5 Å². The second kappa shape index (κ2) is 44.5. The predicted molar refractivity (Wildman–Crippen MR) is 228 cm³/mol. The summed E-state index contributed by atoms with van der Waals surface area (Å²) in [7, 11) is 0. The summed E-state index contributed by atoms with van der Waals surface area (Å²) in [5, 5.41) is 9.59. The molecule has 0 aromatic carbocycles. The van der Waals surface area contributed by atoms with Gasteiger partial charge in [0.1, 0.15) is 6.10 Å². The average molecular weight is 721 g/mol. The fraction of sp³-hybridized carbons (Fsp3) is 0.646. The predicted octanol–water partition coefficient (Wildman–Crippen LogP) is 14.1. The molecule has 1 unspecified atom stereocenters. The van der Waals surface area contributed by atoms with Gasteiger partial charge in [-0.3, -0.25) is 4.79 Å². The number of unbranched alkanes of at least 4 members (excludes halogenated alkanes) is 14. The first kappa shape index (κ1) is 49.3. The van der Waals surface area contributed by atoms with Gasteiger partial charge in [-0.05, 0) is 96.3 Å². The van der Waals surface area contributed by atoms with E-state index in [9.17, 15) is 9.90 Å². The van der Waals surface area contributed by atoms with Crippen LogP contribution in [0.4, 0.5) is 0 Å². The molecule has 0 saturated heterocycles. The first-order valence-electron chi connectivity index (χ1n) is 21.3. The Morgan fingerprint density at radius 3 is 1.33 bits per heavy atom. The van der Waals surface area contributed by atoms with Crippen LogP contribution in [-0.2, 0) is 14.3 Å². The third-order valence-electron chi connectivity index (χ3n) is 8.64. The number of esters is 1. The Hall–Kier alpha value is -2.69. The maximum absolute atomic E-state index is 12.2. The zero-order valence-corrected chi connectivity index (χ0v) is 33.8. The van der Waals surface area contributed by atoms with Crippen molar-refractivity contribution in [1.82, 2.24) is 0 Å². The highest BCUT2D eigenvalue weighted by Crippen LogP contribution is 2.11. The summed E-state index contributed by atoms with van der Waals surface area (Å²) >= 11 is 0. The fourth-order valence-corrected chi connectivity index (χ4v) is 5.48. The second-order valence-corrected chi connectivity index (χ2v) is 13.7. The van der Waals surface area contributed by atoms with E-state index in [1.807, 2.05) is 0 Å². The molecule has 0 aliphatic heterocycles. The SMILES string of the molecule is CC/C=C\C/C=C\C/C=C\C/C=C\C/C=C\C/C=C\C/C=C\CCCCOCC(CO)OC(=O)CCCCCCC/C=C\CCCCCCCCC. The standard InChI is InChI=1S/C48H80O4/c1-3-5-7-9-11-13-15-17-19-21-22-23-24-25-26-27-28-30-32-34-36-38-40-42-44-51-46-47(45-49)52-48(50)43-41-39-37-35-33-31-29-20-18-16-14-12-10-8-6-4-2/h5,7,11,13,17,19-20,22-23,25-26,28-30,34,36,47,49H,3-4,6,8-10,12,14-16,18,21,24,27,31-33,35,37-46H2,1-2H3/b7-5-,13-11-,19-17-,23-22-,26-25-,29-20-,30-28-,36-34-. The molecule has 52 heavy (non-hydrogen) atoms. The Labute approximate surface area is 322 Å². The van der Waals surface area contributed by atoms with Crippen LogP contribution in [0.1, 0.15) is 174 Å². The maximum Gasteiger partial charge on any atom is 0.306 e. The molecule has 0 aliphatic rings. The highest BCUT2D eigenvalue weighted by molar-refractivity contribution is 5.69. The first-order chi connectivity index (χ1) is 25.7. The van der Waals surface area contributed by atoms with Crippen LogP contribution in [0.5, 0.6) is 0 Å². The summed E-state index contributed by atoms with van der Waals surface area (Å²) in [6.07, 6.45) is 63.2. The molecule has 0 radical (unpaired) electrons. The van der Waals surface area contributed by atoms with Crippen LogP contribution in [-0.4, -0.2) is 37.0 Å². The van der Waals surface area contributed by atoms with Crippen molar-refractivity contribution in [3.63, 3.8) is 0 Å². The minimum absolute atomic E-state index is 0.199. The number of carbonyl (C=O) groups excluding carboxylic acids is 1. The summed E-state index contributed by atoms with van der Waals surface area (Å²) in [5.74, 6) is -0.229. The van der Waals surface area contributed by atoms with Crippen molar-refractivity contribution >= 4 is 5.97 Å². The molecule has 4 nitrogen and oxygen atoms in total. The van der Waals surface area contributed by atoms with Gasteiger partial charge in [-0.25, -0.2) is 0 Å². The van der Waals surface area contributed by atoms with E-state index in [0.29, 0.717) is 13.0 Å². The lowest BCUT2D eigenvalue weighted by Gasteiger charge is -2.15. The third-order valence-corrected chi connectivity index (χ3v) is 8.64. The van der Waals surface area contributed by atoms with Crippen LogP contribution in [0.25, 0.3) is 0 Å². The summed E-state index contributed by atoms with van der Waals surface area (Å²) < 4.78 is 11.1. The summed E-state index contributed by atoms with van der Waals surface area (Å²) in [6.45, 7) is 5.10. The Bertz CT molecular complexity index is 980. The largest absolute Gasteiger partial charge is 0.457 e. The number of carbonyl (C=O) groups is 1. The zero-order chi connectivity index (χ0) is 37.7. The molecule has 0 aliphatic carbocycles. The molecular formula is C48H80O4. The van der Waals surface area contributed by atoms with Gasteiger partial charge in [-0.15, -0.1) is 0 Å². The average Bonchev–Trinajstić information content (AvgIpc) is 3.15. The summed E-state index contributed by atoms with van der Waals surface area (Å²) in [5.41, 5.74) is 0. The lowest BCUT2D eigenvalue weighted by Crippen LogP contribution is -2.27. The molecule has 0 saturated carbocycles. The van der Waals surface area contributed by atoms with Gasteiger partial charge in [0.25, 0.3) is 0 Å². The van der Waals surface area contributed by atoms with Gasteiger partial charge in [0.2, 0.25) is 0 Å². The molecule has 0 spiro atoms. The number of ether oxygens (including phenoxy) is 2. The Balaban J connectivity index is 3.60. The van der Waals surface area contributed by atoms with Crippen molar-refractivity contribution < 1.29 is 19.4 Å². The molecular weight excluding hydrogens is 641 g/mol. The highest BCUT2D eigenvalue weighted by atomic mass is 16.6. The molecule has 0 fully saturated rings. The minimum Gasteiger partial charge on any atom is -0.457 e. The molecule has 4 heteroatoms. The van der Waals surface area contributed by atoms with Gasteiger partial charge in [0.15, 0.2) is 0 Å². The molecule has 0 aromatic heterocycles. The molecule has 0 bridgehead atoms. The number of aliphatic hydroxyl groups excluding tert-OH is 1. The molecule has 0 amide bonds. The van der Waals surface area contributed by atoms with Crippen LogP contribution < -0.4 is 0 Å². The number of hydrogen-bond donors (Lipinski definition) is 1. The number of rotatable bonds is 38. The molecule has 0 aromatic rings. The zero-order valence-electron chi connectivity index (χ0n) is 33.8. The van der Waals surface area contributed by atoms with Gasteiger partial charge in [0.05, 0.1) is 13.2 Å². The van der Waals surface area contributed by atoms with Gasteiger partial charge >= 0.3 is 5.97 Å². The topological polar surface area (TPSA) is 55.8 Å². The summed E-state index contributed by atoms with van der Waals surface area (Å²) in [4.78, 5) is 12.2. The number of allylic oxidation sites excluding steroid dienone is 16. The fourth-order valence-electron chi connectivity index (χ4n) is 5.48. The van der Waals surface area contributed by atoms with Gasteiger partial charge in [-0.2, -0.15) is 0 Å². The smallest absolute Gasteiger partial charge is 0.306 e. The highest BCUT2D eigenvalue weighted by Gasteiger charge is 2.13. The van der Waals surface area contributed by atoms with E-state index in [1.54, 1.807) is 0 Å². The second-order valence-electron chi connectivity index (χ2n) is 13.7. The lowest BCUT2D eigenvalue weighted by atomic mass is 10.1. The Morgan fingerprint density at radius 1 is 0.481 bits per heavy atom. The van der Waals surface area contributed by atoms with Crippen molar-refractivity contribution in [2.24, 2.45) is 0 Å². The molecule has 1 N–H and O–H groups in total. The lowest BCUT2D eigenvalue weighted by molar-refractivity contribution is -0.154. The third kappa shape index (κ3) is 41.7. The minimum atomic E-state index is -0.568. The molecule has 296 valence electrons. The number of hydrogen-bond acceptors (Lipinski definition) is 4. The normalized spacial score (nSPS) is 13.4. The van der Waals surface area contributed by atoms with Gasteiger partial charge in [-0.1, -0.05) is 169 Å². The van der Waals surface area contributed by atoms with E-state index in [1.165, 1.54) is 70.6 Å². The maximum atomic E-state index is 12.2. The van der Waals surface area contributed by atoms with E-state index >= 15 is 0 Å². The van der Waals surface area contributed by atoms with Crippen molar-refractivity contribution in [3.05, 3.63) is 97.2 Å². The first-order valence-corrected chi connectivity index (χ1v) is 21.3. The quantitative estimate of drug-likeness (QED) is 0.0392. The van der Waals surface area contributed by atoms with Crippen LogP contribution >= 0.6 is 0 Å². The van der Waals surface area contributed by atoms with Crippen molar-refractivity contribution in [2.75, 3.05) is 19.8 Å². The van der Waals surface area contributed by atoms with Gasteiger partial charge < -0.3 is 14.6 Å². The molecule has 0 heterocycles. The summed E-state index contributed by atoms with van der Waals surface area (Å²) in [6, 6.07) is 0. The van der Waals surface area contributed by atoms with Crippen molar-refractivity contribution in [1.29, 1.82) is 0 Å². The molecule has 0 rings (SSSR count). The van der Waals surface area contributed by atoms with Crippen LogP contribution in [0.2, 0.25) is 0 Å². The van der Waals surface area contributed by atoms with Crippen LogP contribution in [0, 0.1) is 0 Å².